The fraction of sp³-hybridized carbons (Fsp3) is 0.667. The van der Waals surface area contributed by atoms with Gasteiger partial charge in [-0.1, -0.05) is 11.3 Å². The molecule has 17 heavy (non-hydrogen) atoms. The third-order valence-electron chi connectivity index (χ3n) is 2.46. The zero-order chi connectivity index (χ0) is 12.3. The van der Waals surface area contributed by atoms with E-state index < -0.39 is 0 Å². The van der Waals surface area contributed by atoms with Gasteiger partial charge in [-0.3, -0.25) is 0 Å². The number of anilines is 1. The second-order valence-corrected chi connectivity index (χ2v) is 4.79. The molecule has 0 bridgehead atoms. The summed E-state index contributed by atoms with van der Waals surface area (Å²) >= 11 is 1.28. The first-order valence-electron chi connectivity index (χ1n) is 5.39. The van der Waals surface area contributed by atoms with E-state index in [1.807, 2.05) is 6.92 Å². The summed E-state index contributed by atoms with van der Waals surface area (Å²) in [5.74, 6) is 0. The molecule has 94 valence electrons. The molecule has 7 nitrogen and oxygen atoms in total. The van der Waals surface area contributed by atoms with Crippen molar-refractivity contribution in [3.8, 4) is 0 Å². The van der Waals surface area contributed by atoms with Crippen LogP contribution >= 0.6 is 11.3 Å². The van der Waals surface area contributed by atoms with Crippen LogP contribution in [0.25, 0.3) is 0 Å². The Bertz CT molecular complexity index is 390. The second-order valence-electron chi connectivity index (χ2n) is 3.75. The van der Waals surface area contributed by atoms with Gasteiger partial charge in [0.2, 0.25) is 5.13 Å². The van der Waals surface area contributed by atoms with Gasteiger partial charge in [0.1, 0.15) is 5.01 Å². The molecule has 1 aromatic rings. The van der Waals surface area contributed by atoms with Crippen LogP contribution in [0.4, 0.5) is 9.93 Å². The van der Waals surface area contributed by atoms with Crippen LogP contribution in [-0.4, -0.2) is 47.4 Å². The second kappa shape index (κ2) is 5.28. The molecule has 1 aromatic heterocycles. The lowest BCUT2D eigenvalue weighted by Crippen LogP contribution is -2.46. The number of carbonyl (C=O) groups excluding carboxylic acids is 1. The van der Waals surface area contributed by atoms with Crippen molar-refractivity contribution in [2.24, 2.45) is 0 Å². The van der Waals surface area contributed by atoms with Crippen LogP contribution < -0.4 is 11.1 Å². The first-order chi connectivity index (χ1) is 8.16. The van der Waals surface area contributed by atoms with E-state index in [9.17, 15) is 4.79 Å². The smallest absolute Gasteiger partial charge is 0.318 e. The highest BCUT2D eigenvalue weighted by Gasteiger charge is 2.20. The van der Waals surface area contributed by atoms with Crippen molar-refractivity contribution in [1.29, 1.82) is 0 Å². The summed E-state index contributed by atoms with van der Waals surface area (Å²) in [7, 11) is 0. The molecule has 2 rings (SSSR count). The van der Waals surface area contributed by atoms with Crippen LogP contribution in [0.2, 0.25) is 0 Å². The van der Waals surface area contributed by atoms with Crippen molar-refractivity contribution in [3.63, 3.8) is 0 Å². The molecule has 1 atom stereocenters. The van der Waals surface area contributed by atoms with Gasteiger partial charge >= 0.3 is 6.03 Å². The SMILES string of the molecule is C[C@H](NC(=O)N1CCOCC1)c1nnc(N)s1. The Morgan fingerprint density at radius 1 is 1.53 bits per heavy atom. The molecule has 1 aliphatic rings. The number of rotatable bonds is 2. The summed E-state index contributed by atoms with van der Waals surface area (Å²) in [6.07, 6.45) is 0. The van der Waals surface area contributed by atoms with Gasteiger partial charge in [0.05, 0.1) is 19.3 Å². The van der Waals surface area contributed by atoms with Crippen LogP contribution in [0.5, 0.6) is 0 Å². The largest absolute Gasteiger partial charge is 0.378 e. The maximum Gasteiger partial charge on any atom is 0.318 e. The monoisotopic (exact) mass is 257 g/mol. The van der Waals surface area contributed by atoms with Crippen molar-refractivity contribution >= 4 is 22.5 Å². The van der Waals surface area contributed by atoms with Gasteiger partial charge in [-0.15, -0.1) is 10.2 Å². The maximum atomic E-state index is 11.9. The summed E-state index contributed by atoms with van der Waals surface area (Å²) in [4.78, 5) is 13.6. The molecule has 2 heterocycles. The Morgan fingerprint density at radius 2 is 2.24 bits per heavy atom. The minimum Gasteiger partial charge on any atom is -0.378 e. The molecule has 3 N–H and O–H groups in total. The fourth-order valence-electron chi connectivity index (χ4n) is 1.53. The summed E-state index contributed by atoms with van der Waals surface area (Å²) < 4.78 is 5.18. The van der Waals surface area contributed by atoms with E-state index in [1.54, 1.807) is 4.90 Å². The average Bonchev–Trinajstić information content (AvgIpc) is 2.77. The van der Waals surface area contributed by atoms with Crippen molar-refractivity contribution in [2.45, 2.75) is 13.0 Å². The van der Waals surface area contributed by atoms with E-state index in [-0.39, 0.29) is 12.1 Å². The quantitative estimate of drug-likeness (QED) is 0.790. The van der Waals surface area contributed by atoms with Gasteiger partial charge in [0, 0.05) is 13.1 Å². The van der Waals surface area contributed by atoms with Crippen LogP contribution in [0.3, 0.4) is 0 Å². The molecular weight excluding hydrogens is 242 g/mol. The number of amides is 2. The minimum atomic E-state index is -0.180. The number of nitrogen functional groups attached to an aromatic ring is 1. The van der Waals surface area contributed by atoms with E-state index in [4.69, 9.17) is 10.5 Å². The molecule has 2 amide bonds. The van der Waals surface area contributed by atoms with Gasteiger partial charge in [0.15, 0.2) is 0 Å². The Kier molecular flexibility index (Phi) is 3.75. The fourth-order valence-corrected chi connectivity index (χ4v) is 2.14. The lowest BCUT2D eigenvalue weighted by Gasteiger charge is -2.27. The van der Waals surface area contributed by atoms with E-state index in [0.29, 0.717) is 36.4 Å². The van der Waals surface area contributed by atoms with Gasteiger partial charge in [-0.2, -0.15) is 0 Å². The number of nitrogens with two attached hydrogens (primary N) is 1. The average molecular weight is 257 g/mol. The first-order valence-corrected chi connectivity index (χ1v) is 6.20. The number of carbonyl (C=O) groups is 1. The van der Waals surface area contributed by atoms with Crippen LogP contribution in [0.15, 0.2) is 0 Å². The summed E-state index contributed by atoms with van der Waals surface area (Å²) in [5, 5.41) is 11.6. The topological polar surface area (TPSA) is 93.4 Å². The number of ether oxygens (including phenoxy) is 1. The predicted octanol–water partition coefficient (Wildman–Crippen LogP) is 0.223. The van der Waals surface area contributed by atoms with E-state index >= 15 is 0 Å². The Morgan fingerprint density at radius 3 is 2.82 bits per heavy atom. The van der Waals surface area contributed by atoms with E-state index in [0.717, 1.165) is 0 Å². The van der Waals surface area contributed by atoms with E-state index in [1.165, 1.54) is 11.3 Å². The molecule has 0 radical (unpaired) electrons. The van der Waals surface area contributed by atoms with Crippen LogP contribution in [0, 0.1) is 0 Å². The highest BCUT2D eigenvalue weighted by Crippen LogP contribution is 2.18. The van der Waals surface area contributed by atoms with Crippen molar-refractivity contribution in [2.75, 3.05) is 32.0 Å². The summed E-state index contributed by atoms with van der Waals surface area (Å²) in [6, 6.07) is -0.283. The normalized spacial score (nSPS) is 17.8. The lowest BCUT2D eigenvalue weighted by molar-refractivity contribution is 0.0526. The highest BCUT2D eigenvalue weighted by atomic mass is 32.1. The highest BCUT2D eigenvalue weighted by molar-refractivity contribution is 7.15. The Labute approximate surface area is 103 Å². The molecular formula is C9H15N5O2S. The molecule has 8 heteroatoms. The number of nitrogens with one attached hydrogen (secondary N) is 1. The van der Waals surface area contributed by atoms with Crippen LogP contribution in [-0.2, 0) is 4.74 Å². The van der Waals surface area contributed by atoms with Crippen molar-refractivity contribution < 1.29 is 9.53 Å². The van der Waals surface area contributed by atoms with Crippen LogP contribution in [0.1, 0.15) is 18.0 Å². The van der Waals surface area contributed by atoms with E-state index in [2.05, 4.69) is 15.5 Å². The number of hydrogen-bond donors (Lipinski definition) is 2. The molecule has 0 aliphatic carbocycles. The summed E-state index contributed by atoms with van der Waals surface area (Å²) in [6.45, 7) is 4.28. The third kappa shape index (κ3) is 3.04. The third-order valence-corrected chi connectivity index (χ3v) is 3.40. The van der Waals surface area contributed by atoms with Gasteiger partial charge in [-0.25, -0.2) is 4.79 Å². The molecule has 0 aromatic carbocycles. The summed E-state index contributed by atoms with van der Waals surface area (Å²) in [5.41, 5.74) is 5.50. The molecule has 0 unspecified atom stereocenters. The molecule has 0 spiro atoms. The number of morpholine rings is 1. The number of urea groups is 1. The molecule has 0 saturated carbocycles. The number of nitrogens with zero attached hydrogens (tertiary/aromatic N) is 3. The van der Waals surface area contributed by atoms with Gasteiger partial charge < -0.3 is 20.7 Å². The van der Waals surface area contributed by atoms with Crippen molar-refractivity contribution in [3.05, 3.63) is 5.01 Å². The lowest BCUT2D eigenvalue weighted by atomic mass is 10.3. The molecule has 1 fully saturated rings. The Balaban J connectivity index is 1.89. The standard InChI is InChI=1S/C9H15N5O2S/c1-6(7-12-13-8(10)17-7)11-9(15)14-2-4-16-5-3-14/h6H,2-5H2,1H3,(H2,10,13)(H,11,15)/t6-/m0/s1. The predicted molar refractivity (Wildman–Crippen MR) is 63.7 cm³/mol. The zero-order valence-corrected chi connectivity index (χ0v) is 10.4. The molecule has 1 saturated heterocycles. The molecule has 1 aliphatic heterocycles. The maximum absolute atomic E-state index is 11.9. The first kappa shape index (κ1) is 12.1. The zero-order valence-electron chi connectivity index (χ0n) is 9.55. The van der Waals surface area contributed by atoms with Crippen molar-refractivity contribution in [1.82, 2.24) is 20.4 Å². The van der Waals surface area contributed by atoms with Gasteiger partial charge in [0.25, 0.3) is 0 Å². The Hall–Kier alpha value is -1.41. The number of hydrogen-bond acceptors (Lipinski definition) is 6. The van der Waals surface area contributed by atoms with Gasteiger partial charge in [-0.05, 0) is 6.92 Å². The minimum absolute atomic E-state index is 0.102. The number of aromatic nitrogens is 2.